The largest absolute Gasteiger partial charge is 0.481 e. The number of ether oxygens (including phenoxy) is 6. The van der Waals surface area contributed by atoms with Gasteiger partial charge >= 0.3 is 5.97 Å². The van der Waals surface area contributed by atoms with Gasteiger partial charge in [0, 0.05) is 6.42 Å². The van der Waals surface area contributed by atoms with Crippen LogP contribution in [-0.4, -0.2) is 146 Å². The molecule has 362 valence electrons. The Labute approximate surface area is 373 Å². The van der Waals surface area contributed by atoms with E-state index in [0.29, 0.717) is 11.8 Å². The van der Waals surface area contributed by atoms with E-state index in [9.17, 15) is 45.6 Å². The van der Waals surface area contributed by atoms with Gasteiger partial charge in [0.15, 0.2) is 18.9 Å². The number of carboxylic acid groups (broad SMARTS) is 1. The van der Waals surface area contributed by atoms with E-state index < -0.39 is 97.9 Å². The van der Waals surface area contributed by atoms with Crippen LogP contribution in [0, 0.1) is 55.7 Å². The van der Waals surface area contributed by atoms with Gasteiger partial charge in [0.2, 0.25) is 0 Å². The quantitative estimate of drug-likeness (QED) is 0.162. The molecule has 3 heterocycles. The second kappa shape index (κ2) is 16.6. The summed E-state index contributed by atoms with van der Waals surface area (Å²) in [4.78, 5) is 13.3. The Hall–Kier alpha value is -1.05. The number of rotatable bonds is 8. The summed E-state index contributed by atoms with van der Waals surface area (Å²) in [5.41, 5.74) is -0.919. The second-order valence-electron chi connectivity index (χ2n) is 24.0. The second-order valence-corrected chi connectivity index (χ2v) is 24.0. The molecule has 8 aliphatic rings. The molecular weight excluding hydrogens is 817 g/mol. The van der Waals surface area contributed by atoms with Gasteiger partial charge in [-0.3, -0.25) is 4.79 Å². The molecule has 8 N–H and O–H groups in total. The van der Waals surface area contributed by atoms with E-state index in [0.717, 1.165) is 70.6 Å². The highest BCUT2D eigenvalue weighted by Gasteiger charge is 2.75. The lowest BCUT2D eigenvalue weighted by molar-refractivity contribution is -0.367. The van der Waals surface area contributed by atoms with Crippen molar-refractivity contribution in [2.75, 3.05) is 13.2 Å². The number of hydrogen-bond acceptors (Lipinski definition) is 14. The molecule has 5 aliphatic carbocycles. The van der Waals surface area contributed by atoms with Crippen molar-refractivity contribution in [1.29, 1.82) is 0 Å². The monoisotopic (exact) mass is 897 g/mol. The van der Waals surface area contributed by atoms with Crippen LogP contribution in [-0.2, 0) is 33.2 Å². The van der Waals surface area contributed by atoms with Crippen LogP contribution in [0.15, 0.2) is 0 Å². The molecule has 63 heavy (non-hydrogen) atoms. The van der Waals surface area contributed by atoms with Gasteiger partial charge in [-0.2, -0.15) is 0 Å². The fourth-order valence-corrected chi connectivity index (χ4v) is 16.1. The lowest BCUT2D eigenvalue weighted by atomic mass is 9.28. The first-order chi connectivity index (χ1) is 29.3. The predicted octanol–water partition coefficient (Wildman–Crippen LogP) is 3.87. The fourth-order valence-electron chi connectivity index (χ4n) is 16.1. The number of aliphatic carboxylic acids is 1. The summed E-state index contributed by atoms with van der Waals surface area (Å²) >= 11 is 0. The topological polar surface area (TPSA) is 234 Å². The van der Waals surface area contributed by atoms with Crippen molar-refractivity contribution in [2.45, 2.75) is 225 Å². The molecule has 15 nitrogen and oxygen atoms in total. The zero-order valence-electron chi connectivity index (χ0n) is 39.1. The average Bonchev–Trinajstić information content (AvgIpc) is 3.21. The van der Waals surface area contributed by atoms with Crippen molar-refractivity contribution >= 4 is 5.97 Å². The number of carbonyl (C=O) groups is 1. The minimum absolute atomic E-state index is 0.00554. The third-order valence-corrected chi connectivity index (χ3v) is 20.2. The molecule has 15 heteroatoms. The summed E-state index contributed by atoms with van der Waals surface area (Å²) in [5, 5.41) is 86.3. The van der Waals surface area contributed by atoms with Gasteiger partial charge in [0.1, 0.15) is 42.7 Å². The van der Waals surface area contributed by atoms with Crippen molar-refractivity contribution in [3.05, 3.63) is 0 Å². The van der Waals surface area contributed by atoms with Gasteiger partial charge in [-0.15, -0.1) is 0 Å². The molecule has 3 saturated heterocycles. The molecule has 3 aliphatic heterocycles. The van der Waals surface area contributed by atoms with E-state index in [1.54, 1.807) is 6.92 Å². The molecule has 0 amide bonds. The minimum atomic E-state index is -1.70. The smallest absolute Gasteiger partial charge is 0.309 e. The fraction of sp³-hybridized carbons (Fsp3) is 0.979. The molecular formula is C48H80O15. The maximum atomic E-state index is 13.3. The number of aliphatic hydroxyl groups excluding tert-OH is 7. The van der Waals surface area contributed by atoms with Crippen molar-refractivity contribution in [1.82, 2.24) is 0 Å². The van der Waals surface area contributed by atoms with Gasteiger partial charge < -0.3 is 69.3 Å². The van der Waals surface area contributed by atoms with Gasteiger partial charge in [-0.05, 0) is 128 Å². The van der Waals surface area contributed by atoms with Crippen LogP contribution in [0.2, 0.25) is 0 Å². The highest BCUT2D eigenvalue weighted by molar-refractivity contribution is 5.76. The summed E-state index contributed by atoms with van der Waals surface area (Å²) in [6.45, 7) is 20.2. The third kappa shape index (κ3) is 7.42. The number of carboxylic acids is 1. The zero-order valence-corrected chi connectivity index (χ0v) is 39.1. The predicted molar refractivity (Wildman–Crippen MR) is 226 cm³/mol. The summed E-state index contributed by atoms with van der Waals surface area (Å²) < 4.78 is 36.0. The zero-order chi connectivity index (χ0) is 46.0. The molecule has 22 atom stereocenters. The van der Waals surface area contributed by atoms with E-state index in [-0.39, 0.29) is 57.5 Å². The van der Waals surface area contributed by atoms with E-state index in [2.05, 4.69) is 55.4 Å². The Morgan fingerprint density at radius 3 is 1.95 bits per heavy atom. The molecule has 0 aromatic carbocycles. The molecule has 0 radical (unpaired) electrons. The highest BCUT2D eigenvalue weighted by Crippen LogP contribution is 2.80. The number of aliphatic hydroxyl groups is 7. The van der Waals surface area contributed by atoms with Crippen LogP contribution in [0.1, 0.15) is 139 Å². The van der Waals surface area contributed by atoms with E-state index >= 15 is 0 Å². The SMILES string of the molecule is CC1OC(OC2CCC3(C)C(CCC4(C)C3CCC3(C)C5CC(C)(C)CCC5(C(=O)O)CCC34C)C2(C)C)C(O)C(OC2OCC(OC3OC(CO)CC(O)C3O)C(O)C2O)C1O. The van der Waals surface area contributed by atoms with Crippen LogP contribution < -0.4 is 0 Å². The Morgan fingerprint density at radius 2 is 1.29 bits per heavy atom. The van der Waals surface area contributed by atoms with Crippen LogP contribution in [0.25, 0.3) is 0 Å². The lowest BCUT2D eigenvalue weighted by Crippen LogP contribution is -2.71. The van der Waals surface area contributed by atoms with Crippen molar-refractivity contribution < 1.29 is 74.1 Å². The molecule has 5 saturated carbocycles. The Bertz CT molecular complexity index is 1680. The van der Waals surface area contributed by atoms with Crippen LogP contribution in [0.3, 0.4) is 0 Å². The van der Waals surface area contributed by atoms with Crippen molar-refractivity contribution in [3.8, 4) is 0 Å². The molecule has 0 aromatic rings. The molecule has 22 unspecified atom stereocenters. The first-order valence-corrected chi connectivity index (χ1v) is 24.1. The van der Waals surface area contributed by atoms with Gasteiger partial charge in [0.25, 0.3) is 0 Å². The van der Waals surface area contributed by atoms with Crippen LogP contribution >= 0.6 is 0 Å². The minimum Gasteiger partial charge on any atom is -0.481 e. The van der Waals surface area contributed by atoms with E-state index in [1.807, 2.05) is 0 Å². The highest BCUT2D eigenvalue weighted by atomic mass is 16.7. The normalized spacial score (nSPS) is 55.4. The lowest BCUT2D eigenvalue weighted by Gasteiger charge is -2.76. The van der Waals surface area contributed by atoms with Crippen LogP contribution in [0.5, 0.6) is 0 Å². The summed E-state index contributed by atoms with van der Waals surface area (Å²) in [5.74, 6) is 0.310. The van der Waals surface area contributed by atoms with Crippen molar-refractivity contribution in [2.24, 2.45) is 55.7 Å². The average molecular weight is 897 g/mol. The summed E-state index contributed by atoms with van der Waals surface area (Å²) in [7, 11) is 0. The molecule has 0 bridgehead atoms. The van der Waals surface area contributed by atoms with Gasteiger partial charge in [0.05, 0.1) is 43.0 Å². The first kappa shape index (κ1) is 48.4. The van der Waals surface area contributed by atoms with E-state index in [4.69, 9.17) is 28.4 Å². The Kier molecular flexibility index (Phi) is 12.7. The summed E-state index contributed by atoms with van der Waals surface area (Å²) in [6.07, 6.45) is -7.09. The van der Waals surface area contributed by atoms with Gasteiger partial charge in [-0.1, -0.05) is 55.4 Å². The summed E-state index contributed by atoms with van der Waals surface area (Å²) in [6, 6.07) is 0. The number of fused-ring (bicyclic) bond motifs is 7. The molecule has 0 spiro atoms. The van der Waals surface area contributed by atoms with E-state index in [1.165, 1.54) is 0 Å². The first-order valence-electron chi connectivity index (χ1n) is 24.1. The van der Waals surface area contributed by atoms with Crippen LogP contribution in [0.4, 0.5) is 0 Å². The maximum Gasteiger partial charge on any atom is 0.309 e. The molecule has 8 rings (SSSR count). The maximum absolute atomic E-state index is 13.3. The van der Waals surface area contributed by atoms with Crippen molar-refractivity contribution in [3.63, 3.8) is 0 Å². The third-order valence-electron chi connectivity index (χ3n) is 20.2. The Morgan fingerprint density at radius 1 is 0.651 bits per heavy atom. The number of hydrogen-bond donors (Lipinski definition) is 8. The Balaban J connectivity index is 0.947. The molecule has 8 fully saturated rings. The molecule has 0 aromatic heterocycles. The van der Waals surface area contributed by atoms with Gasteiger partial charge in [-0.25, -0.2) is 0 Å². The standard InChI is InChI=1S/C48H80O15/c1-24-32(51)37(63-38-35(54)34(53)27(23-58-38)61-39-33(52)26(50)20-25(22-49)60-39)36(55)40(59-24)62-31-12-13-44(6)28(43(31,4)5)10-14-45(7)29(44)11-15-46(8)30-21-42(2,3)16-18-48(30,41(56)57)19-17-47(45,46)9/h24-40,49-55H,10-23H2,1-9H3,(H,56,57).